The van der Waals surface area contributed by atoms with E-state index in [1.54, 1.807) is 0 Å². The van der Waals surface area contributed by atoms with Gasteiger partial charge in [-0.15, -0.1) is 5.16 Å². The van der Waals surface area contributed by atoms with Crippen molar-refractivity contribution in [1.29, 1.82) is 0 Å². The van der Waals surface area contributed by atoms with Crippen molar-refractivity contribution in [2.75, 3.05) is 0 Å². The van der Waals surface area contributed by atoms with Crippen molar-refractivity contribution in [2.24, 2.45) is 11.0 Å². The van der Waals surface area contributed by atoms with E-state index in [4.69, 9.17) is 23.3 Å². The van der Waals surface area contributed by atoms with Crippen molar-refractivity contribution < 1.29 is 5.21 Å². The van der Waals surface area contributed by atoms with Crippen LogP contribution in [0, 0.1) is 0 Å². The maximum absolute atomic E-state index is 8.25. The Balaban J connectivity index is 4.01. The van der Waals surface area contributed by atoms with Gasteiger partial charge >= 0.3 is 0 Å². The van der Waals surface area contributed by atoms with Crippen molar-refractivity contribution in [2.45, 2.75) is 18.6 Å². The quantitative estimate of drug-likeness (QED) is 0.198. The molecule has 0 bridgehead atoms. The predicted molar refractivity (Wildman–Crippen MR) is 51.9 cm³/mol. The highest BCUT2D eigenvalue weighted by molar-refractivity contribution is 8.24. The van der Waals surface area contributed by atoms with E-state index in [1.807, 2.05) is 13.8 Å². The summed E-state index contributed by atoms with van der Waals surface area (Å²) in [5.41, 5.74) is 2.33. The molecule has 0 saturated heterocycles. The van der Waals surface area contributed by atoms with Crippen LogP contribution in [0.4, 0.5) is 0 Å². The normalized spacial score (nSPS) is 11.9. The Morgan fingerprint density at radius 1 is 1.82 bits per heavy atom. The summed E-state index contributed by atoms with van der Waals surface area (Å²) < 4.78 is 0.132. The van der Waals surface area contributed by atoms with Gasteiger partial charge in [-0.1, -0.05) is 24.0 Å². The van der Waals surface area contributed by atoms with Gasteiger partial charge in [0, 0.05) is 0 Å². The van der Waals surface area contributed by atoms with Gasteiger partial charge < -0.3 is 10.6 Å². The number of hydrazine groups is 1. The molecule has 0 fully saturated rings. The van der Waals surface area contributed by atoms with Gasteiger partial charge in [-0.3, -0.25) is 0 Å². The number of nitrogens with zero attached hydrogens (tertiary/aromatic N) is 1. The van der Waals surface area contributed by atoms with E-state index in [0.717, 1.165) is 0 Å². The van der Waals surface area contributed by atoms with Gasteiger partial charge in [0.05, 0.1) is 11.0 Å². The van der Waals surface area contributed by atoms with Crippen LogP contribution in [-0.4, -0.2) is 20.5 Å². The monoisotopic (exact) mass is 193 g/mol. The first kappa shape index (κ1) is 10.7. The third kappa shape index (κ3) is 5.00. The van der Waals surface area contributed by atoms with E-state index in [-0.39, 0.29) is 4.75 Å². The Bertz CT molecular complexity index is 169. The first-order valence-electron chi connectivity index (χ1n) is 2.90. The van der Waals surface area contributed by atoms with Crippen molar-refractivity contribution in [3.05, 3.63) is 0 Å². The maximum Gasteiger partial charge on any atom is 0.148 e. The molecule has 4 N–H and O–H groups in total. The molecular weight excluding hydrogens is 182 g/mol. The lowest BCUT2D eigenvalue weighted by Gasteiger charge is -2.17. The second-order valence-corrected chi connectivity index (χ2v) is 4.71. The molecule has 0 unspecified atom stereocenters. The Kier molecular flexibility index (Phi) is 4.39. The van der Waals surface area contributed by atoms with Crippen molar-refractivity contribution in [3.8, 4) is 0 Å². The molecule has 0 saturated carbocycles. The molecule has 0 aromatic rings. The molecule has 0 aromatic carbocycles. The average molecular weight is 193 g/mol. The molecular formula is C5H11N3OS2. The van der Waals surface area contributed by atoms with E-state index in [0.29, 0.717) is 4.32 Å². The Morgan fingerprint density at radius 2 is 2.36 bits per heavy atom. The number of rotatable bonds is 2. The summed E-state index contributed by atoms with van der Waals surface area (Å²) in [4.78, 5) is 0. The van der Waals surface area contributed by atoms with Crippen LogP contribution < -0.4 is 11.3 Å². The number of nitrogens with two attached hydrogens (primary N) is 1. The summed E-state index contributed by atoms with van der Waals surface area (Å²) >= 11 is 6.11. The van der Waals surface area contributed by atoms with Crippen LogP contribution in [0.2, 0.25) is 0 Å². The predicted octanol–water partition coefficient (Wildman–Crippen LogP) is 0.706. The fourth-order valence-electron chi connectivity index (χ4n) is 0.434. The number of nitrogens with one attached hydrogen (secondary N) is 1. The van der Waals surface area contributed by atoms with E-state index < -0.39 is 0 Å². The molecule has 6 heteroatoms. The lowest BCUT2D eigenvalue weighted by Crippen LogP contribution is -2.30. The molecule has 0 aromatic heterocycles. The zero-order valence-corrected chi connectivity index (χ0v) is 8.00. The number of oxime groups is 1. The van der Waals surface area contributed by atoms with Crippen LogP contribution in [-0.2, 0) is 0 Å². The standard InChI is InChI=1S/C5H11N3OS2/c1-5(2,3-7-9)11-4(10)8-6/h3,9H,6H2,1-2H3,(H,8,10). The second kappa shape index (κ2) is 4.53. The Morgan fingerprint density at radius 3 is 2.73 bits per heavy atom. The fraction of sp³-hybridized carbons (Fsp3) is 0.600. The zero-order valence-electron chi connectivity index (χ0n) is 6.37. The Labute approximate surface area is 75.2 Å². The summed E-state index contributed by atoms with van der Waals surface area (Å²) in [7, 11) is 0. The first-order valence-corrected chi connectivity index (χ1v) is 4.12. The highest BCUT2D eigenvalue weighted by atomic mass is 32.2. The fourth-order valence-corrected chi connectivity index (χ4v) is 1.71. The minimum atomic E-state index is -0.335. The molecule has 11 heavy (non-hydrogen) atoms. The largest absolute Gasteiger partial charge is 0.411 e. The molecule has 0 rings (SSSR count). The molecule has 0 atom stereocenters. The van der Waals surface area contributed by atoms with Gasteiger partial charge in [0.15, 0.2) is 0 Å². The summed E-state index contributed by atoms with van der Waals surface area (Å²) in [5.74, 6) is 5.06. The van der Waals surface area contributed by atoms with Crippen LogP contribution >= 0.6 is 24.0 Å². The number of thioether (sulfide) groups is 1. The molecule has 0 heterocycles. The summed E-state index contributed by atoms with van der Waals surface area (Å²) in [5, 5.41) is 11.2. The highest BCUT2D eigenvalue weighted by Gasteiger charge is 2.17. The van der Waals surface area contributed by atoms with Gasteiger partial charge in [0.25, 0.3) is 0 Å². The SMILES string of the molecule is CC(C)(C=NO)SC(=S)NN. The lowest BCUT2D eigenvalue weighted by molar-refractivity contribution is 0.319. The minimum absolute atomic E-state index is 0.335. The molecule has 0 amide bonds. The molecule has 0 spiro atoms. The van der Waals surface area contributed by atoms with Crippen LogP contribution in [0.3, 0.4) is 0 Å². The number of hydrogen-bond acceptors (Lipinski definition) is 5. The third-order valence-corrected chi connectivity index (χ3v) is 2.14. The van der Waals surface area contributed by atoms with Crippen molar-refractivity contribution >= 4 is 34.5 Å². The van der Waals surface area contributed by atoms with E-state index in [2.05, 4.69) is 10.6 Å². The van der Waals surface area contributed by atoms with E-state index in [1.165, 1.54) is 18.0 Å². The third-order valence-electron chi connectivity index (χ3n) is 0.842. The van der Waals surface area contributed by atoms with Crippen molar-refractivity contribution in [1.82, 2.24) is 5.43 Å². The Hall–Kier alpha value is -0.330. The smallest absolute Gasteiger partial charge is 0.148 e. The summed E-state index contributed by atoms with van der Waals surface area (Å²) in [6.07, 6.45) is 1.39. The van der Waals surface area contributed by atoms with Crippen molar-refractivity contribution in [3.63, 3.8) is 0 Å². The van der Waals surface area contributed by atoms with E-state index >= 15 is 0 Å². The summed E-state index contributed by atoms with van der Waals surface area (Å²) in [6.45, 7) is 3.72. The molecule has 0 radical (unpaired) electrons. The lowest BCUT2D eigenvalue weighted by atomic mass is 10.2. The van der Waals surface area contributed by atoms with Gasteiger partial charge in [0.1, 0.15) is 4.32 Å². The average Bonchev–Trinajstić information content (AvgIpc) is 1.86. The van der Waals surface area contributed by atoms with Gasteiger partial charge in [-0.25, -0.2) is 5.84 Å². The highest BCUT2D eigenvalue weighted by Crippen LogP contribution is 2.22. The molecule has 4 nitrogen and oxygen atoms in total. The van der Waals surface area contributed by atoms with Gasteiger partial charge in [0.2, 0.25) is 0 Å². The number of hydrogen-bond donors (Lipinski definition) is 3. The van der Waals surface area contributed by atoms with Gasteiger partial charge in [-0.05, 0) is 13.8 Å². The topological polar surface area (TPSA) is 70.6 Å². The first-order chi connectivity index (χ1) is 5.02. The van der Waals surface area contributed by atoms with Crippen LogP contribution in [0.15, 0.2) is 5.16 Å². The minimum Gasteiger partial charge on any atom is -0.411 e. The molecule has 0 aliphatic rings. The molecule has 64 valence electrons. The zero-order chi connectivity index (χ0) is 8.91. The van der Waals surface area contributed by atoms with Crippen LogP contribution in [0.25, 0.3) is 0 Å². The second-order valence-electron chi connectivity index (χ2n) is 2.38. The van der Waals surface area contributed by atoms with Crippen LogP contribution in [0.5, 0.6) is 0 Å². The van der Waals surface area contributed by atoms with E-state index in [9.17, 15) is 0 Å². The maximum atomic E-state index is 8.25. The molecule has 0 aliphatic carbocycles. The summed E-state index contributed by atoms with van der Waals surface area (Å²) in [6, 6.07) is 0. The number of thiocarbonyl (C=S) groups is 1. The molecule has 0 aliphatic heterocycles. The van der Waals surface area contributed by atoms with Crippen LogP contribution in [0.1, 0.15) is 13.8 Å². The van der Waals surface area contributed by atoms with Gasteiger partial charge in [-0.2, -0.15) is 0 Å².